The molecule has 1 N–H and O–H groups in total. The summed E-state index contributed by atoms with van der Waals surface area (Å²) < 4.78 is 8.25. The van der Waals surface area contributed by atoms with E-state index in [1.54, 1.807) is 18.3 Å². The number of nitrogens with one attached hydrogen (secondary N) is 1. The van der Waals surface area contributed by atoms with E-state index in [0.29, 0.717) is 23.3 Å². The third-order valence-corrected chi connectivity index (χ3v) is 4.86. The molecule has 2 aliphatic rings. The van der Waals surface area contributed by atoms with Crippen molar-refractivity contribution in [3.63, 3.8) is 0 Å². The second-order valence-electron chi connectivity index (χ2n) is 7.16. The first kappa shape index (κ1) is 15.9. The standard InChI is InChI=1S/C21H19N5O/c22-12-14-1-5-16(6-2-14)24-20-11-18(9-10-23-20)27-19-13-26(17-7-8-17)25-21(19)15-3-4-15/h1-2,5-6,9-11,13,15,17H,3-4,7-8H2,(H,23,24). The Hall–Kier alpha value is -3.33. The van der Waals surface area contributed by atoms with Crippen LogP contribution in [0.15, 0.2) is 48.8 Å². The summed E-state index contributed by atoms with van der Waals surface area (Å²) in [6, 6.07) is 13.7. The number of rotatable bonds is 6. The van der Waals surface area contributed by atoms with Crippen LogP contribution in [0, 0.1) is 11.3 Å². The van der Waals surface area contributed by atoms with Gasteiger partial charge < -0.3 is 10.1 Å². The molecule has 6 nitrogen and oxygen atoms in total. The second kappa shape index (κ2) is 6.44. The van der Waals surface area contributed by atoms with Crippen LogP contribution in [-0.2, 0) is 0 Å². The molecule has 0 atom stereocenters. The fourth-order valence-corrected chi connectivity index (χ4v) is 3.08. The highest BCUT2D eigenvalue weighted by molar-refractivity contribution is 5.58. The van der Waals surface area contributed by atoms with E-state index in [0.717, 1.165) is 22.9 Å². The molecule has 0 spiro atoms. The molecule has 134 valence electrons. The first-order valence-corrected chi connectivity index (χ1v) is 9.28. The summed E-state index contributed by atoms with van der Waals surface area (Å²) in [7, 11) is 0. The van der Waals surface area contributed by atoms with Gasteiger partial charge in [-0.25, -0.2) is 4.98 Å². The fourth-order valence-electron chi connectivity index (χ4n) is 3.08. The van der Waals surface area contributed by atoms with Gasteiger partial charge in [-0.1, -0.05) is 0 Å². The summed E-state index contributed by atoms with van der Waals surface area (Å²) in [6.07, 6.45) is 8.57. The number of hydrogen-bond donors (Lipinski definition) is 1. The van der Waals surface area contributed by atoms with Crippen molar-refractivity contribution in [2.24, 2.45) is 0 Å². The van der Waals surface area contributed by atoms with Gasteiger partial charge in [0.25, 0.3) is 0 Å². The maximum atomic E-state index is 8.89. The molecule has 3 aromatic rings. The van der Waals surface area contributed by atoms with E-state index in [4.69, 9.17) is 15.1 Å². The normalized spacial score (nSPS) is 16.0. The molecule has 6 heteroatoms. The Morgan fingerprint density at radius 3 is 2.63 bits per heavy atom. The Bertz CT molecular complexity index is 1010. The number of nitriles is 1. The average molecular weight is 357 g/mol. The van der Waals surface area contributed by atoms with Gasteiger partial charge in [-0.2, -0.15) is 10.4 Å². The topological polar surface area (TPSA) is 75.8 Å². The summed E-state index contributed by atoms with van der Waals surface area (Å²) in [6.45, 7) is 0. The van der Waals surface area contributed by atoms with E-state index in [1.165, 1.54) is 25.7 Å². The molecular formula is C21H19N5O. The van der Waals surface area contributed by atoms with Crippen LogP contribution in [0.3, 0.4) is 0 Å². The third kappa shape index (κ3) is 3.49. The van der Waals surface area contributed by atoms with Crippen molar-refractivity contribution in [3.05, 3.63) is 60.0 Å². The summed E-state index contributed by atoms with van der Waals surface area (Å²) >= 11 is 0. The van der Waals surface area contributed by atoms with Crippen molar-refractivity contribution in [3.8, 4) is 17.6 Å². The zero-order valence-electron chi connectivity index (χ0n) is 14.8. The maximum absolute atomic E-state index is 8.89. The molecule has 0 aliphatic heterocycles. The number of benzene rings is 1. The third-order valence-electron chi connectivity index (χ3n) is 4.86. The van der Waals surface area contributed by atoms with Crippen molar-refractivity contribution >= 4 is 11.5 Å². The minimum atomic E-state index is 0.540. The predicted molar refractivity (Wildman–Crippen MR) is 101 cm³/mol. The number of hydrogen-bond acceptors (Lipinski definition) is 5. The number of anilines is 2. The summed E-state index contributed by atoms with van der Waals surface area (Å²) in [5, 5.41) is 16.9. The highest BCUT2D eigenvalue weighted by Gasteiger charge is 2.33. The van der Waals surface area contributed by atoms with Gasteiger partial charge >= 0.3 is 0 Å². The van der Waals surface area contributed by atoms with Crippen molar-refractivity contribution in [2.45, 2.75) is 37.6 Å². The fraction of sp³-hybridized carbons (Fsp3) is 0.286. The lowest BCUT2D eigenvalue weighted by Gasteiger charge is -2.09. The molecule has 2 aliphatic carbocycles. The van der Waals surface area contributed by atoms with E-state index >= 15 is 0 Å². The largest absolute Gasteiger partial charge is 0.454 e. The minimum Gasteiger partial charge on any atom is -0.454 e. The lowest BCUT2D eigenvalue weighted by Crippen LogP contribution is -1.95. The van der Waals surface area contributed by atoms with E-state index in [1.807, 2.05) is 30.5 Å². The van der Waals surface area contributed by atoms with Crippen molar-refractivity contribution in [1.82, 2.24) is 14.8 Å². The zero-order chi connectivity index (χ0) is 18.2. The first-order chi connectivity index (χ1) is 13.3. The Labute approximate surface area is 157 Å². The monoisotopic (exact) mass is 357 g/mol. The molecular weight excluding hydrogens is 338 g/mol. The molecule has 2 heterocycles. The van der Waals surface area contributed by atoms with Crippen LogP contribution in [0.25, 0.3) is 0 Å². The molecule has 5 rings (SSSR count). The maximum Gasteiger partial charge on any atom is 0.168 e. The second-order valence-corrected chi connectivity index (χ2v) is 7.16. The van der Waals surface area contributed by atoms with Crippen LogP contribution in [0.4, 0.5) is 11.5 Å². The number of pyridine rings is 1. The molecule has 27 heavy (non-hydrogen) atoms. The lowest BCUT2D eigenvalue weighted by molar-refractivity contribution is 0.475. The highest BCUT2D eigenvalue weighted by Crippen LogP contribution is 2.46. The van der Waals surface area contributed by atoms with Crippen molar-refractivity contribution in [1.29, 1.82) is 5.26 Å². The van der Waals surface area contributed by atoms with Crippen LogP contribution < -0.4 is 10.1 Å². The van der Waals surface area contributed by atoms with Crippen LogP contribution in [0.5, 0.6) is 11.5 Å². The van der Waals surface area contributed by atoms with Crippen LogP contribution in [0.1, 0.15) is 48.9 Å². The lowest BCUT2D eigenvalue weighted by atomic mass is 10.2. The summed E-state index contributed by atoms with van der Waals surface area (Å²) in [4.78, 5) is 4.36. The van der Waals surface area contributed by atoms with Crippen LogP contribution >= 0.6 is 0 Å². The van der Waals surface area contributed by atoms with Crippen LogP contribution in [-0.4, -0.2) is 14.8 Å². The Balaban J connectivity index is 1.35. The van der Waals surface area contributed by atoms with Gasteiger partial charge in [0.15, 0.2) is 5.75 Å². The van der Waals surface area contributed by atoms with E-state index in [-0.39, 0.29) is 0 Å². The molecule has 2 fully saturated rings. The van der Waals surface area contributed by atoms with Crippen molar-refractivity contribution in [2.75, 3.05) is 5.32 Å². The highest BCUT2D eigenvalue weighted by atomic mass is 16.5. The quantitative estimate of drug-likeness (QED) is 0.679. The summed E-state index contributed by atoms with van der Waals surface area (Å²) in [5.74, 6) is 2.83. The van der Waals surface area contributed by atoms with Gasteiger partial charge in [0.05, 0.1) is 23.9 Å². The van der Waals surface area contributed by atoms with Gasteiger partial charge in [-0.05, 0) is 56.0 Å². The molecule has 0 amide bonds. The molecule has 0 unspecified atom stereocenters. The molecule has 2 saturated carbocycles. The van der Waals surface area contributed by atoms with Crippen LogP contribution in [0.2, 0.25) is 0 Å². The Morgan fingerprint density at radius 2 is 1.93 bits per heavy atom. The van der Waals surface area contributed by atoms with Gasteiger partial charge in [0, 0.05) is 23.9 Å². The number of aromatic nitrogens is 3. The van der Waals surface area contributed by atoms with E-state index in [9.17, 15) is 0 Å². The Morgan fingerprint density at radius 1 is 1.11 bits per heavy atom. The minimum absolute atomic E-state index is 0.540. The van der Waals surface area contributed by atoms with Gasteiger partial charge in [0.1, 0.15) is 17.3 Å². The predicted octanol–water partition coefficient (Wildman–Crippen LogP) is 4.90. The molecule has 1 aromatic carbocycles. The van der Waals surface area contributed by atoms with Crippen molar-refractivity contribution < 1.29 is 4.74 Å². The summed E-state index contributed by atoms with van der Waals surface area (Å²) in [5.41, 5.74) is 2.59. The van der Waals surface area contributed by atoms with Gasteiger partial charge in [0.2, 0.25) is 0 Å². The first-order valence-electron chi connectivity index (χ1n) is 9.28. The molecule has 0 bridgehead atoms. The molecule has 0 saturated heterocycles. The zero-order valence-corrected chi connectivity index (χ0v) is 14.8. The number of nitrogens with zero attached hydrogens (tertiary/aromatic N) is 4. The Kier molecular flexibility index (Phi) is 3.79. The van der Waals surface area contributed by atoms with Gasteiger partial charge in [-0.3, -0.25) is 4.68 Å². The average Bonchev–Trinajstić information content (AvgIpc) is 3.61. The SMILES string of the molecule is N#Cc1ccc(Nc2cc(Oc3cn(C4CC4)nc3C3CC3)ccn2)cc1. The number of ether oxygens (including phenoxy) is 1. The van der Waals surface area contributed by atoms with E-state index < -0.39 is 0 Å². The van der Waals surface area contributed by atoms with E-state index in [2.05, 4.69) is 21.1 Å². The smallest absolute Gasteiger partial charge is 0.168 e. The van der Waals surface area contributed by atoms with Gasteiger partial charge in [-0.15, -0.1) is 0 Å². The molecule has 2 aromatic heterocycles. The molecule has 0 radical (unpaired) electrons.